The van der Waals surface area contributed by atoms with Gasteiger partial charge in [-0.15, -0.1) is 0 Å². The molecule has 2 aromatic rings. The summed E-state index contributed by atoms with van der Waals surface area (Å²) in [6, 6.07) is 17.7. The van der Waals surface area contributed by atoms with Crippen molar-refractivity contribution in [2.75, 3.05) is 0 Å². The molecule has 0 bridgehead atoms. The van der Waals surface area contributed by atoms with Crippen molar-refractivity contribution in [2.24, 2.45) is 11.8 Å². The molecule has 2 rings (SSSR count). The van der Waals surface area contributed by atoms with E-state index in [1.807, 2.05) is 68.4 Å². The monoisotopic (exact) mass is 298 g/mol. The van der Waals surface area contributed by atoms with Crippen LogP contribution in [0.2, 0.25) is 0 Å². The van der Waals surface area contributed by atoms with Crippen molar-refractivity contribution in [3.8, 4) is 5.75 Å². The zero-order valence-corrected chi connectivity index (χ0v) is 13.0. The number of carbonyl (C=O) groups is 1. The molecule has 0 aliphatic heterocycles. The van der Waals surface area contributed by atoms with E-state index in [1.165, 1.54) is 0 Å². The number of carboxylic acids is 1. The molecule has 0 spiro atoms. The van der Waals surface area contributed by atoms with E-state index in [0.717, 1.165) is 16.9 Å². The minimum absolute atomic E-state index is 0.103. The van der Waals surface area contributed by atoms with E-state index in [2.05, 4.69) is 0 Å². The van der Waals surface area contributed by atoms with Crippen molar-refractivity contribution in [3.05, 3.63) is 65.7 Å². The van der Waals surface area contributed by atoms with E-state index in [1.54, 1.807) is 0 Å². The van der Waals surface area contributed by atoms with Crippen LogP contribution in [0.4, 0.5) is 0 Å². The molecule has 1 atom stereocenters. The highest BCUT2D eigenvalue weighted by atomic mass is 16.5. The molecule has 0 saturated heterocycles. The summed E-state index contributed by atoms with van der Waals surface area (Å²) in [5, 5.41) is 9.30. The van der Waals surface area contributed by atoms with Gasteiger partial charge >= 0.3 is 5.97 Å². The topological polar surface area (TPSA) is 46.5 Å². The molecule has 0 aliphatic rings. The second-order valence-electron chi connectivity index (χ2n) is 5.81. The van der Waals surface area contributed by atoms with Gasteiger partial charge in [-0.05, 0) is 35.6 Å². The number of ether oxygens (including phenoxy) is 1. The van der Waals surface area contributed by atoms with Gasteiger partial charge < -0.3 is 9.84 Å². The molecule has 0 amide bonds. The molecule has 0 fully saturated rings. The van der Waals surface area contributed by atoms with Gasteiger partial charge in [-0.25, -0.2) is 0 Å². The molecule has 0 saturated carbocycles. The first-order valence-electron chi connectivity index (χ1n) is 7.54. The second-order valence-corrected chi connectivity index (χ2v) is 5.81. The van der Waals surface area contributed by atoms with Gasteiger partial charge in [0, 0.05) is 0 Å². The summed E-state index contributed by atoms with van der Waals surface area (Å²) < 4.78 is 5.79. The maximum absolute atomic E-state index is 11.3. The summed E-state index contributed by atoms with van der Waals surface area (Å²) in [5.41, 5.74) is 2.10. The molecule has 0 heterocycles. The van der Waals surface area contributed by atoms with Gasteiger partial charge in [-0.1, -0.05) is 56.3 Å². The smallest absolute Gasteiger partial charge is 0.307 e. The van der Waals surface area contributed by atoms with Crippen LogP contribution in [-0.2, 0) is 17.8 Å². The highest BCUT2D eigenvalue weighted by molar-refractivity contribution is 5.70. The number of hydrogen-bond acceptors (Lipinski definition) is 2. The van der Waals surface area contributed by atoms with Gasteiger partial charge in [0.2, 0.25) is 0 Å². The van der Waals surface area contributed by atoms with Crippen LogP contribution in [-0.4, -0.2) is 11.1 Å². The van der Waals surface area contributed by atoms with Gasteiger partial charge in [0.15, 0.2) is 0 Å². The largest absolute Gasteiger partial charge is 0.489 e. The minimum atomic E-state index is -0.745. The van der Waals surface area contributed by atoms with Crippen LogP contribution in [0.5, 0.6) is 5.75 Å². The lowest BCUT2D eigenvalue weighted by Crippen LogP contribution is -2.22. The van der Waals surface area contributed by atoms with E-state index in [9.17, 15) is 9.90 Å². The first-order valence-corrected chi connectivity index (χ1v) is 7.54. The summed E-state index contributed by atoms with van der Waals surface area (Å²) in [4.78, 5) is 11.3. The quantitative estimate of drug-likeness (QED) is 0.834. The lowest BCUT2D eigenvalue weighted by Gasteiger charge is -2.16. The van der Waals surface area contributed by atoms with Crippen LogP contribution in [0.25, 0.3) is 0 Å². The predicted molar refractivity (Wildman–Crippen MR) is 86.9 cm³/mol. The summed E-state index contributed by atoms with van der Waals surface area (Å²) >= 11 is 0. The Bertz CT molecular complexity index is 605. The van der Waals surface area contributed by atoms with Gasteiger partial charge in [-0.3, -0.25) is 4.79 Å². The highest BCUT2D eigenvalue weighted by Crippen LogP contribution is 2.21. The Hall–Kier alpha value is -2.29. The molecular weight excluding hydrogens is 276 g/mol. The van der Waals surface area contributed by atoms with Crippen molar-refractivity contribution in [2.45, 2.75) is 26.9 Å². The lowest BCUT2D eigenvalue weighted by molar-refractivity contribution is -0.143. The molecule has 0 aromatic heterocycles. The first kappa shape index (κ1) is 16.1. The van der Waals surface area contributed by atoms with Gasteiger partial charge in [0.05, 0.1) is 5.92 Å². The Kier molecular flexibility index (Phi) is 5.59. The van der Waals surface area contributed by atoms with Gasteiger partial charge in [0.25, 0.3) is 0 Å². The van der Waals surface area contributed by atoms with Crippen LogP contribution in [0.15, 0.2) is 54.6 Å². The number of hydrogen-bond donors (Lipinski definition) is 1. The standard InChI is InChI=1S/C19H22O3/c1-14(2)18(19(20)21)12-16-9-6-10-17(11-16)22-13-15-7-4-3-5-8-15/h3-11,14,18H,12-13H2,1-2H3,(H,20,21). The van der Waals surface area contributed by atoms with Crippen LogP contribution in [0.3, 0.4) is 0 Å². The zero-order chi connectivity index (χ0) is 15.9. The van der Waals surface area contributed by atoms with Gasteiger partial charge in [-0.2, -0.15) is 0 Å². The van der Waals surface area contributed by atoms with E-state index < -0.39 is 5.97 Å². The molecule has 3 heteroatoms. The molecule has 1 N–H and O–H groups in total. The van der Waals surface area contributed by atoms with E-state index >= 15 is 0 Å². The molecule has 2 aromatic carbocycles. The third-order valence-electron chi connectivity index (χ3n) is 3.72. The van der Waals surface area contributed by atoms with E-state index in [0.29, 0.717) is 13.0 Å². The molecule has 22 heavy (non-hydrogen) atoms. The van der Waals surface area contributed by atoms with Gasteiger partial charge in [0.1, 0.15) is 12.4 Å². The Morgan fingerprint density at radius 3 is 2.36 bits per heavy atom. The average molecular weight is 298 g/mol. The van der Waals surface area contributed by atoms with Crippen LogP contribution in [0.1, 0.15) is 25.0 Å². The second kappa shape index (κ2) is 7.64. The third kappa shape index (κ3) is 4.62. The molecular formula is C19H22O3. The minimum Gasteiger partial charge on any atom is -0.489 e. The van der Waals surface area contributed by atoms with Crippen LogP contribution >= 0.6 is 0 Å². The highest BCUT2D eigenvalue weighted by Gasteiger charge is 2.21. The normalized spacial score (nSPS) is 12.1. The number of carboxylic acid groups (broad SMARTS) is 1. The Morgan fingerprint density at radius 2 is 1.73 bits per heavy atom. The summed E-state index contributed by atoms with van der Waals surface area (Å²) in [6.07, 6.45) is 0.523. The maximum Gasteiger partial charge on any atom is 0.307 e. The maximum atomic E-state index is 11.3. The molecule has 0 radical (unpaired) electrons. The number of aliphatic carboxylic acids is 1. The fourth-order valence-electron chi connectivity index (χ4n) is 2.37. The number of benzene rings is 2. The van der Waals surface area contributed by atoms with Crippen LogP contribution in [0, 0.1) is 11.8 Å². The lowest BCUT2D eigenvalue weighted by atomic mass is 9.89. The molecule has 116 valence electrons. The fourth-order valence-corrected chi connectivity index (χ4v) is 2.37. The van der Waals surface area contributed by atoms with Crippen LogP contribution < -0.4 is 4.74 Å². The van der Waals surface area contributed by atoms with Crippen molar-refractivity contribution in [3.63, 3.8) is 0 Å². The van der Waals surface area contributed by atoms with Crippen molar-refractivity contribution < 1.29 is 14.6 Å². The zero-order valence-electron chi connectivity index (χ0n) is 13.0. The summed E-state index contributed by atoms with van der Waals surface area (Å²) in [6.45, 7) is 4.39. The van der Waals surface area contributed by atoms with Crippen molar-refractivity contribution in [1.29, 1.82) is 0 Å². The third-order valence-corrected chi connectivity index (χ3v) is 3.72. The first-order chi connectivity index (χ1) is 10.6. The Labute approximate surface area is 131 Å². The summed E-state index contributed by atoms with van der Waals surface area (Å²) in [7, 11) is 0. The Morgan fingerprint density at radius 1 is 1.05 bits per heavy atom. The molecule has 3 nitrogen and oxygen atoms in total. The van der Waals surface area contributed by atoms with E-state index in [-0.39, 0.29) is 11.8 Å². The fraction of sp³-hybridized carbons (Fsp3) is 0.316. The van der Waals surface area contributed by atoms with Crippen molar-refractivity contribution in [1.82, 2.24) is 0 Å². The Balaban J connectivity index is 2.02. The summed E-state index contributed by atoms with van der Waals surface area (Å²) in [5.74, 6) is -0.240. The molecule has 1 unspecified atom stereocenters. The number of rotatable bonds is 7. The predicted octanol–water partition coefficient (Wildman–Crippen LogP) is 4.16. The SMILES string of the molecule is CC(C)C(Cc1cccc(OCc2ccccc2)c1)C(=O)O. The van der Waals surface area contributed by atoms with Crippen molar-refractivity contribution >= 4 is 5.97 Å². The average Bonchev–Trinajstić information content (AvgIpc) is 2.51. The van der Waals surface area contributed by atoms with E-state index in [4.69, 9.17) is 4.74 Å². The molecule has 0 aliphatic carbocycles.